The smallest absolute Gasteiger partial charge is 1.00 e. The molecule has 29 heteroatoms. The van der Waals surface area contributed by atoms with E-state index in [0.717, 1.165) is 57.8 Å². The first kappa shape index (κ1) is 78.9. The van der Waals surface area contributed by atoms with Crippen LogP contribution in [0.15, 0.2) is 34.0 Å². The molecule has 3 aliphatic heterocycles. The predicted molar refractivity (Wildman–Crippen MR) is 245 cm³/mol. The van der Waals surface area contributed by atoms with Crippen molar-refractivity contribution in [2.75, 3.05) is 27.4 Å². The Morgan fingerprint density at radius 1 is 0.652 bits per heavy atom. The molecule has 19 nitrogen and oxygen atoms in total. The summed E-state index contributed by atoms with van der Waals surface area (Å²) in [4.78, 5) is 99.9. The fourth-order valence-corrected chi connectivity index (χ4v) is 9.52. The summed E-state index contributed by atoms with van der Waals surface area (Å²) >= 11 is 4.22. The van der Waals surface area contributed by atoms with Crippen LogP contribution in [-0.2, 0) is 37.7 Å². The van der Waals surface area contributed by atoms with Gasteiger partial charge in [0.25, 0.3) is 0 Å². The summed E-state index contributed by atoms with van der Waals surface area (Å²) in [5.41, 5.74) is 6.17. The SMILES string of the molecule is C[N-]C(=O)N1C(=O)/C(=C(/C)O)C2CCCC21.C[N-]C(=O)N1C(=O)/C(=C(/C)OC(=O)[C-](C)SC)C2CCCC21.C[N-]C(=O)N1C(=O)/C(=C(/C)OC(=O)[C-](C)SON)C2CCCC21.[B][I-]I.[Rb+].[Rb+].[Rb+].[Rb+].[Rb+]. The summed E-state index contributed by atoms with van der Waals surface area (Å²) in [6.45, 7) is 7.84. The van der Waals surface area contributed by atoms with E-state index in [-0.39, 0.29) is 372 Å². The third-order valence-corrected chi connectivity index (χ3v) is 13.1. The monoisotopic (exact) mass is 1580 g/mol. The normalized spacial score (nSPS) is 24.3. The molecule has 0 aromatic carbocycles. The van der Waals surface area contributed by atoms with E-state index in [9.17, 15) is 43.5 Å². The molecule has 9 amide bonds. The number of nitrogens with two attached hydrogens (primary N) is 1. The van der Waals surface area contributed by atoms with E-state index in [0.29, 0.717) is 39.8 Å². The minimum absolute atomic E-state index is 0. The predicted octanol–water partition coefficient (Wildman–Crippen LogP) is -10.6. The van der Waals surface area contributed by atoms with Gasteiger partial charge in [-0.15, -0.1) is 12.0 Å². The topological polar surface area (TPSA) is 263 Å². The van der Waals surface area contributed by atoms with Crippen LogP contribution >= 0.6 is 42.4 Å². The minimum Gasteiger partial charge on any atom is 1.00 e. The van der Waals surface area contributed by atoms with E-state index >= 15 is 0 Å². The Morgan fingerprint density at radius 2 is 0.942 bits per heavy atom. The first-order valence-corrected chi connectivity index (χ1v) is 29.7. The zero-order valence-electron chi connectivity index (χ0n) is 42.2. The molecule has 2 radical (unpaired) electrons. The van der Waals surface area contributed by atoms with E-state index in [1.807, 2.05) is 0 Å². The molecule has 3 saturated heterocycles. The second-order valence-corrected chi connectivity index (χ2v) is 20.8. The molecule has 0 aromatic rings. The molecule has 0 aromatic heterocycles. The maximum atomic E-state index is 12.6. The van der Waals surface area contributed by atoms with Crippen LogP contribution in [-0.4, -0.2) is 119 Å². The molecule has 6 atom stereocenters. The third kappa shape index (κ3) is 20.9. The number of aliphatic hydroxyl groups is 1. The molecule has 3 N–H and O–H groups in total. The summed E-state index contributed by atoms with van der Waals surface area (Å²) in [7, 11) is 4.12. The van der Waals surface area contributed by atoms with E-state index in [1.165, 1.54) is 61.5 Å². The number of carbonyl (C=O) groups is 8. The molecule has 6 rings (SSSR count). The standard InChI is InChI=1S/C15H21N2O4S.C14H20N3O5S.C11H16N2O3.BI2.5Rb/c1-8(21-14(19)9(2)22-4)12-10-6-5-7-11(10)17(13(12)18)15(20)16-3;1-7(21-13(19)8(2)23-22-15)11-9-5-4-6-10(9)17(12(11)18)14(20)16-3;1-6(14)9-7-4-3-5-8(7)13(10(9)15)11(16)12-2;1-3-2;;;;;/h10-11H,5-7H2,1-4H3,(H,16,20);9-10H,4-6,15H2,1-3H3,(H,16,20);7-8H,3-5H2,1-2H3,(H2,12,14,15,16);;;;;;/q2*-1;;-1;5*+1/p-3/b12-8-;11-7-;;;;;;;. The van der Waals surface area contributed by atoms with Gasteiger partial charge in [-0.2, -0.15) is 19.1 Å². The molecule has 6 unspecified atom stereocenters. The molecule has 3 saturated carbocycles. The van der Waals surface area contributed by atoms with Crippen molar-refractivity contribution in [3.05, 3.63) is 60.4 Å². The average molecular weight is 1580 g/mol. The number of thioether (sulfide) groups is 1. The van der Waals surface area contributed by atoms with Gasteiger partial charge >= 0.3 is 332 Å². The number of urea groups is 3. The quantitative estimate of drug-likeness (QED) is 0.0351. The zero-order chi connectivity index (χ0) is 48.2. The van der Waals surface area contributed by atoms with Gasteiger partial charge in [-0.05, 0) is 101 Å². The second kappa shape index (κ2) is 40.0. The number of hydrogen-bond donors (Lipinski definition) is 2. The Morgan fingerprint density at radius 3 is 1.22 bits per heavy atom. The molecule has 3 heterocycles. The van der Waals surface area contributed by atoms with Crippen molar-refractivity contribution in [3.8, 4) is 0 Å². The fraction of sp³-hybridized carbons (Fsp3) is 0.600. The largest absolute Gasteiger partial charge is 1.00 e. The first-order valence-electron chi connectivity index (χ1n) is 20.2. The van der Waals surface area contributed by atoms with Gasteiger partial charge in [0.05, 0.1) is 5.76 Å². The van der Waals surface area contributed by atoms with Crippen molar-refractivity contribution < 1.29 is 365 Å². The maximum Gasteiger partial charge on any atom is 1.00 e. The maximum absolute atomic E-state index is 12.6. The minimum atomic E-state index is -0.641. The average Bonchev–Trinajstić information content (AvgIpc) is 4.12. The molecular weight excluding hydrogens is 1530 g/mol. The Hall–Kier alpha value is 5.69. The fourth-order valence-electron chi connectivity index (χ4n) is 9.05. The molecule has 356 valence electrons. The third-order valence-electron chi connectivity index (χ3n) is 11.8. The van der Waals surface area contributed by atoms with Crippen molar-refractivity contribution >= 4 is 95.9 Å². The summed E-state index contributed by atoms with van der Waals surface area (Å²) in [6.07, 6.45) is 9.40. The van der Waals surface area contributed by atoms with Crippen LogP contribution in [0, 0.1) is 28.3 Å². The van der Waals surface area contributed by atoms with E-state index in [1.54, 1.807) is 27.0 Å². The van der Waals surface area contributed by atoms with Gasteiger partial charge in [-0.1, -0.05) is 40.4 Å². The van der Waals surface area contributed by atoms with Crippen molar-refractivity contribution in [2.45, 2.75) is 111 Å². The molecular formula is C40H54BI2N7O12Rb5S2-. The first-order chi connectivity index (χ1) is 30.3. The Kier molecular flexibility index (Phi) is 45.7. The number of nitrogens with zero attached hydrogens (tertiary/aromatic N) is 6. The van der Waals surface area contributed by atoms with Gasteiger partial charge in [0.1, 0.15) is 11.5 Å². The van der Waals surface area contributed by atoms with Gasteiger partial charge in [-0.25, -0.2) is 11.1 Å². The summed E-state index contributed by atoms with van der Waals surface area (Å²) in [5.74, 6) is 3.00. The van der Waals surface area contributed by atoms with Crippen molar-refractivity contribution in [3.63, 3.8) is 0 Å². The van der Waals surface area contributed by atoms with Crippen LogP contribution in [0.3, 0.4) is 0 Å². The number of hydrogen-bond acceptors (Lipinski definition) is 15. The number of aliphatic hydroxyl groups excluding tert-OH is 1. The van der Waals surface area contributed by atoms with Crippen molar-refractivity contribution in [1.82, 2.24) is 14.7 Å². The van der Waals surface area contributed by atoms with Crippen LogP contribution in [0.25, 0.3) is 16.0 Å². The summed E-state index contributed by atoms with van der Waals surface area (Å²) in [5, 5.41) is 21.0. The van der Waals surface area contributed by atoms with E-state index in [4.69, 9.17) is 21.1 Å². The van der Waals surface area contributed by atoms with Crippen LogP contribution < -0.4 is 314 Å². The molecule has 6 aliphatic rings. The van der Waals surface area contributed by atoms with Gasteiger partial charge in [-0.3, -0.25) is 42.6 Å². The number of ether oxygens (including phenoxy) is 2. The number of carbonyl (C=O) groups excluding carboxylic acids is 8. The summed E-state index contributed by atoms with van der Waals surface area (Å²) in [6, 6.07) is -2.04. The molecule has 6 fully saturated rings. The number of rotatable bonds is 7. The number of amides is 9. The van der Waals surface area contributed by atoms with E-state index < -0.39 is 35.9 Å². The zero-order valence-corrected chi connectivity index (χ0v) is 72.7. The number of likely N-dealkylation sites (tertiary alicyclic amines) is 3. The Bertz CT molecular complexity index is 1930. The number of esters is 2. The molecule has 3 aliphatic carbocycles. The Balaban J connectivity index is -0.000000899. The van der Waals surface area contributed by atoms with Gasteiger partial charge in [0, 0.05) is 16.7 Å². The van der Waals surface area contributed by atoms with Gasteiger partial charge in [0.2, 0.25) is 0 Å². The van der Waals surface area contributed by atoms with Crippen molar-refractivity contribution in [1.29, 1.82) is 0 Å². The second-order valence-electron chi connectivity index (χ2n) is 15.2. The number of fused-ring (bicyclic) bond motifs is 3. The van der Waals surface area contributed by atoms with E-state index in [2.05, 4.69) is 38.9 Å². The van der Waals surface area contributed by atoms with Crippen LogP contribution in [0.4, 0.5) is 14.4 Å². The summed E-state index contributed by atoms with van der Waals surface area (Å²) < 4.78 is 14.9. The molecule has 0 spiro atoms. The van der Waals surface area contributed by atoms with Crippen molar-refractivity contribution in [2.24, 2.45) is 23.7 Å². The number of halogens is 2. The van der Waals surface area contributed by atoms with Gasteiger partial charge in [0.15, 0.2) is 47.8 Å². The molecule has 0 bridgehead atoms. The van der Waals surface area contributed by atoms with Crippen LogP contribution in [0.2, 0.25) is 0 Å². The van der Waals surface area contributed by atoms with Crippen LogP contribution in [0.5, 0.6) is 0 Å². The number of allylic oxidation sites excluding steroid dienone is 3. The Labute approximate surface area is 680 Å². The molecule has 69 heavy (non-hydrogen) atoms. The van der Waals surface area contributed by atoms with Crippen LogP contribution in [0.1, 0.15) is 92.4 Å². The van der Waals surface area contributed by atoms with Gasteiger partial charge < -0.3 is 57.0 Å². The number of imide groups is 3.